The third kappa shape index (κ3) is 3.86. The van der Waals surface area contributed by atoms with Crippen molar-refractivity contribution in [2.75, 3.05) is 18.0 Å². The summed E-state index contributed by atoms with van der Waals surface area (Å²) in [7, 11) is 0. The summed E-state index contributed by atoms with van der Waals surface area (Å²) in [6.07, 6.45) is 1.74. The third-order valence-electron chi connectivity index (χ3n) is 5.94. The van der Waals surface area contributed by atoms with Gasteiger partial charge in [-0.3, -0.25) is 4.79 Å². The molecule has 0 saturated carbocycles. The largest absolute Gasteiger partial charge is 0.349 e. The SMILES string of the molecule is Cc1ccccc1C(=O)NC1CCN(c2nc3c(s2)c(C)nn3-c2ccc(F)cc2)CC1. The number of thiazole rings is 1. The van der Waals surface area contributed by atoms with Gasteiger partial charge in [0, 0.05) is 24.7 Å². The highest BCUT2D eigenvalue weighted by molar-refractivity contribution is 7.22. The van der Waals surface area contributed by atoms with Gasteiger partial charge in [-0.15, -0.1) is 0 Å². The molecule has 1 N–H and O–H groups in total. The number of amides is 1. The van der Waals surface area contributed by atoms with Crippen molar-refractivity contribution in [3.63, 3.8) is 0 Å². The van der Waals surface area contributed by atoms with Crippen LogP contribution in [0.3, 0.4) is 0 Å². The molecule has 0 radical (unpaired) electrons. The van der Waals surface area contributed by atoms with Gasteiger partial charge in [0.15, 0.2) is 10.8 Å². The molecule has 1 aliphatic rings. The Bertz CT molecular complexity index is 1270. The highest BCUT2D eigenvalue weighted by Crippen LogP contribution is 2.33. The van der Waals surface area contributed by atoms with E-state index >= 15 is 0 Å². The molecule has 1 fully saturated rings. The normalized spacial score (nSPS) is 14.8. The minimum Gasteiger partial charge on any atom is -0.349 e. The predicted molar refractivity (Wildman–Crippen MR) is 125 cm³/mol. The Morgan fingerprint density at radius 2 is 1.81 bits per heavy atom. The molecule has 2 aromatic heterocycles. The van der Waals surface area contributed by atoms with Crippen LogP contribution in [-0.2, 0) is 0 Å². The van der Waals surface area contributed by atoms with E-state index in [1.54, 1.807) is 28.2 Å². The van der Waals surface area contributed by atoms with Crippen molar-refractivity contribution >= 4 is 32.7 Å². The highest BCUT2D eigenvalue weighted by atomic mass is 32.1. The van der Waals surface area contributed by atoms with Crippen molar-refractivity contribution in [3.05, 3.63) is 71.2 Å². The van der Waals surface area contributed by atoms with Crippen molar-refractivity contribution in [1.82, 2.24) is 20.1 Å². The first-order valence-electron chi connectivity index (χ1n) is 10.7. The molecule has 3 heterocycles. The van der Waals surface area contributed by atoms with Gasteiger partial charge in [-0.25, -0.2) is 9.07 Å². The summed E-state index contributed by atoms with van der Waals surface area (Å²) in [6.45, 7) is 5.59. The first kappa shape index (κ1) is 20.6. The molecule has 1 aliphatic heterocycles. The number of rotatable bonds is 4. The second-order valence-corrected chi connectivity index (χ2v) is 9.15. The van der Waals surface area contributed by atoms with E-state index in [-0.39, 0.29) is 17.8 Å². The minimum atomic E-state index is -0.273. The Kier molecular flexibility index (Phi) is 5.38. The second kappa shape index (κ2) is 8.35. The minimum absolute atomic E-state index is 0.00319. The molecule has 8 heteroatoms. The number of carbonyl (C=O) groups is 1. The average molecular weight is 450 g/mol. The molecule has 0 atom stereocenters. The molecule has 0 unspecified atom stereocenters. The number of halogens is 1. The number of hydrogen-bond donors (Lipinski definition) is 1. The van der Waals surface area contributed by atoms with E-state index < -0.39 is 0 Å². The van der Waals surface area contributed by atoms with E-state index in [1.165, 1.54) is 12.1 Å². The van der Waals surface area contributed by atoms with Crippen LogP contribution in [-0.4, -0.2) is 39.8 Å². The molecule has 5 rings (SSSR count). The fraction of sp³-hybridized carbons (Fsp3) is 0.292. The van der Waals surface area contributed by atoms with Crippen LogP contribution in [0, 0.1) is 19.7 Å². The molecule has 32 heavy (non-hydrogen) atoms. The van der Waals surface area contributed by atoms with E-state index in [1.807, 2.05) is 38.1 Å². The monoisotopic (exact) mass is 449 g/mol. The molecule has 2 aromatic carbocycles. The predicted octanol–water partition coefficient (Wildman–Crippen LogP) is 4.64. The third-order valence-corrected chi connectivity index (χ3v) is 7.15. The van der Waals surface area contributed by atoms with E-state index in [0.29, 0.717) is 0 Å². The summed E-state index contributed by atoms with van der Waals surface area (Å²) in [5.41, 5.74) is 4.22. The fourth-order valence-corrected chi connectivity index (χ4v) is 5.16. The molecule has 0 spiro atoms. The molecule has 1 amide bonds. The van der Waals surface area contributed by atoms with Crippen molar-refractivity contribution in [2.24, 2.45) is 0 Å². The van der Waals surface area contributed by atoms with Crippen LogP contribution >= 0.6 is 11.3 Å². The number of fused-ring (bicyclic) bond motifs is 1. The molecular weight excluding hydrogens is 425 g/mol. The van der Waals surface area contributed by atoms with E-state index in [0.717, 1.165) is 63.9 Å². The Morgan fingerprint density at radius 1 is 1.09 bits per heavy atom. The molecule has 1 saturated heterocycles. The number of hydrogen-bond acceptors (Lipinski definition) is 5. The van der Waals surface area contributed by atoms with Crippen LogP contribution in [0.2, 0.25) is 0 Å². The summed E-state index contributed by atoms with van der Waals surface area (Å²) in [5.74, 6) is -0.276. The van der Waals surface area contributed by atoms with Crippen LogP contribution in [0.1, 0.15) is 34.5 Å². The maximum absolute atomic E-state index is 13.3. The zero-order valence-corrected chi connectivity index (χ0v) is 18.8. The number of benzene rings is 2. The Morgan fingerprint density at radius 3 is 2.53 bits per heavy atom. The van der Waals surface area contributed by atoms with Gasteiger partial charge >= 0.3 is 0 Å². The van der Waals surface area contributed by atoms with E-state index in [2.05, 4.69) is 15.3 Å². The number of aromatic nitrogens is 3. The molecule has 164 valence electrons. The van der Waals surface area contributed by atoms with Gasteiger partial charge < -0.3 is 10.2 Å². The van der Waals surface area contributed by atoms with Gasteiger partial charge in [-0.1, -0.05) is 29.5 Å². The lowest BCUT2D eigenvalue weighted by Crippen LogP contribution is -2.44. The quantitative estimate of drug-likeness (QED) is 0.493. The molecule has 0 aliphatic carbocycles. The Labute approximate surface area is 189 Å². The molecular formula is C24H24FN5OS. The van der Waals surface area contributed by atoms with Crippen molar-refractivity contribution in [3.8, 4) is 5.69 Å². The number of nitrogens with one attached hydrogen (secondary N) is 1. The summed E-state index contributed by atoms with van der Waals surface area (Å²) < 4.78 is 16.1. The lowest BCUT2D eigenvalue weighted by Gasteiger charge is -2.32. The number of anilines is 1. The van der Waals surface area contributed by atoms with Gasteiger partial charge in [0.1, 0.15) is 5.82 Å². The zero-order chi connectivity index (χ0) is 22.2. The highest BCUT2D eigenvalue weighted by Gasteiger charge is 2.25. The van der Waals surface area contributed by atoms with Crippen LogP contribution < -0.4 is 10.2 Å². The number of piperidine rings is 1. The fourth-order valence-electron chi connectivity index (χ4n) is 4.13. The van der Waals surface area contributed by atoms with Gasteiger partial charge in [-0.2, -0.15) is 10.1 Å². The average Bonchev–Trinajstić information content (AvgIpc) is 3.36. The van der Waals surface area contributed by atoms with Gasteiger partial charge in [-0.05, 0) is 62.6 Å². The Hall–Kier alpha value is -3.26. The van der Waals surface area contributed by atoms with E-state index in [4.69, 9.17) is 4.98 Å². The summed E-state index contributed by atoms with van der Waals surface area (Å²) in [6, 6.07) is 14.1. The summed E-state index contributed by atoms with van der Waals surface area (Å²) in [5, 5.41) is 8.74. The number of carbonyl (C=O) groups excluding carboxylic acids is 1. The van der Waals surface area contributed by atoms with Crippen LogP contribution in [0.5, 0.6) is 0 Å². The van der Waals surface area contributed by atoms with Gasteiger partial charge in [0.05, 0.1) is 16.1 Å². The molecule has 6 nitrogen and oxygen atoms in total. The van der Waals surface area contributed by atoms with Crippen molar-refractivity contribution in [2.45, 2.75) is 32.7 Å². The zero-order valence-electron chi connectivity index (χ0n) is 18.0. The first-order valence-corrected chi connectivity index (χ1v) is 11.5. The van der Waals surface area contributed by atoms with Crippen LogP contribution in [0.15, 0.2) is 48.5 Å². The van der Waals surface area contributed by atoms with Crippen LogP contribution in [0.4, 0.5) is 9.52 Å². The maximum Gasteiger partial charge on any atom is 0.251 e. The number of nitrogens with zero attached hydrogens (tertiary/aromatic N) is 4. The van der Waals surface area contributed by atoms with E-state index in [9.17, 15) is 9.18 Å². The molecule has 0 bridgehead atoms. The standard InChI is InChI=1S/C24H24FN5OS/c1-15-5-3-4-6-20(15)23(31)26-18-11-13-29(14-12-18)24-27-22-21(32-24)16(2)28-30(22)19-9-7-17(25)8-10-19/h3-10,18H,11-14H2,1-2H3,(H,26,31). The van der Waals surface area contributed by atoms with Crippen molar-refractivity contribution in [1.29, 1.82) is 0 Å². The first-order chi connectivity index (χ1) is 15.5. The lowest BCUT2D eigenvalue weighted by molar-refractivity contribution is 0.0930. The lowest BCUT2D eigenvalue weighted by atomic mass is 10.0. The second-order valence-electron chi connectivity index (χ2n) is 8.17. The Balaban J connectivity index is 1.29. The topological polar surface area (TPSA) is 63.1 Å². The van der Waals surface area contributed by atoms with Crippen molar-refractivity contribution < 1.29 is 9.18 Å². The number of aryl methyl sites for hydroxylation is 2. The van der Waals surface area contributed by atoms with Gasteiger partial charge in [0.2, 0.25) is 0 Å². The smallest absolute Gasteiger partial charge is 0.251 e. The molecule has 4 aromatic rings. The summed E-state index contributed by atoms with van der Waals surface area (Å²) >= 11 is 1.63. The summed E-state index contributed by atoms with van der Waals surface area (Å²) in [4.78, 5) is 19.8. The van der Waals surface area contributed by atoms with Crippen LogP contribution in [0.25, 0.3) is 16.0 Å². The maximum atomic E-state index is 13.3. The van der Waals surface area contributed by atoms with Gasteiger partial charge in [0.25, 0.3) is 5.91 Å².